The molecule has 20 heavy (non-hydrogen) atoms. The third kappa shape index (κ3) is 2.99. The summed E-state index contributed by atoms with van der Waals surface area (Å²) >= 11 is 11.9. The summed E-state index contributed by atoms with van der Waals surface area (Å²) in [5.74, 6) is -1.48. The van der Waals surface area contributed by atoms with Gasteiger partial charge in [-0.05, 0) is 30.5 Å². The molecule has 1 aromatic rings. The third-order valence-electron chi connectivity index (χ3n) is 3.52. The summed E-state index contributed by atoms with van der Waals surface area (Å²) in [5.41, 5.74) is 0.587. The molecular weight excluding hydrogens is 305 g/mol. The molecule has 2 rings (SSSR count). The van der Waals surface area contributed by atoms with Crippen LogP contribution in [0.5, 0.6) is 0 Å². The highest BCUT2D eigenvalue weighted by Crippen LogP contribution is 2.38. The lowest BCUT2D eigenvalue weighted by molar-refractivity contribution is -0.144. The van der Waals surface area contributed by atoms with E-state index in [0.29, 0.717) is 22.0 Å². The SMILES string of the molecule is O=C(O)C1CCN(C(=O)O)C(c2ccc(Cl)cc2Cl)C1. The molecule has 5 nitrogen and oxygen atoms in total. The fraction of sp³-hybridized carbons (Fsp3) is 0.385. The Morgan fingerprint density at radius 2 is 1.95 bits per heavy atom. The highest BCUT2D eigenvalue weighted by Gasteiger charge is 2.36. The predicted molar refractivity (Wildman–Crippen MR) is 74.3 cm³/mol. The van der Waals surface area contributed by atoms with E-state index in [9.17, 15) is 14.7 Å². The van der Waals surface area contributed by atoms with Crippen LogP contribution in [0.15, 0.2) is 18.2 Å². The topological polar surface area (TPSA) is 77.8 Å². The van der Waals surface area contributed by atoms with Crippen LogP contribution in [0.2, 0.25) is 10.0 Å². The van der Waals surface area contributed by atoms with Crippen LogP contribution in [-0.4, -0.2) is 33.7 Å². The fourth-order valence-corrected chi connectivity index (χ4v) is 3.02. The molecule has 2 N–H and O–H groups in total. The van der Waals surface area contributed by atoms with Gasteiger partial charge in [-0.1, -0.05) is 29.3 Å². The van der Waals surface area contributed by atoms with E-state index in [-0.39, 0.29) is 13.0 Å². The van der Waals surface area contributed by atoms with Crippen molar-refractivity contribution < 1.29 is 19.8 Å². The predicted octanol–water partition coefficient (Wildman–Crippen LogP) is 3.51. The summed E-state index contributed by atoms with van der Waals surface area (Å²) in [6.07, 6.45) is -0.559. The molecule has 2 atom stereocenters. The second-order valence-electron chi connectivity index (χ2n) is 4.72. The Morgan fingerprint density at radius 3 is 2.50 bits per heavy atom. The van der Waals surface area contributed by atoms with Gasteiger partial charge in [0.05, 0.1) is 12.0 Å². The number of aliphatic carboxylic acids is 1. The summed E-state index contributed by atoms with van der Waals surface area (Å²) in [7, 11) is 0. The Morgan fingerprint density at radius 1 is 1.25 bits per heavy atom. The second kappa shape index (κ2) is 5.89. The summed E-state index contributed by atoms with van der Waals surface area (Å²) in [4.78, 5) is 23.7. The Labute approximate surface area is 125 Å². The third-order valence-corrected chi connectivity index (χ3v) is 4.08. The standard InChI is InChI=1S/C13H13Cl2NO4/c14-8-1-2-9(10(15)6-8)11-5-7(12(17)18)3-4-16(11)13(19)20/h1-2,6-7,11H,3-5H2,(H,17,18)(H,19,20). The molecule has 0 saturated carbocycles. The zero-order chi connectivity index (χ0) is 14.9. The van der Waals surface area contributed by atoms with E-state index in [2.05, 4.69) is 0 Å². The van der Waals surface area contributed by atoms with Crippen LogP contribution in [0.3, 0.4) is 0 Å². The number of carbonyl (C=O) groups is 2. The van der Waals surface area contributed by atoms with Gasteiger partial charge in [-0.3, -0.25) is 4.79 Å². The molecule has 0 aromatic heterocycles. The van der Waals surface area contributed by atoms with E-state index in [0.717, 1.165) is 0 Å². The second-order valence-corrected chi connectivity index (χ2v) is 5.56. The summed E-state index contributed by atoms with van der Waals surface area (Å²) in [5, 5.41) is 19.2. The van der Waals surface area contributed by atoms with Crippen molar-refractivity contribution in [1.29, 1.82) is 0 Å². The van der Waals surface area contributed by atoms with Gasteiger partial charge in [0, 0.05) is 16.6 Å². The first-order chi connectivity index (χ1) is 9.40. The largest absolute Gasteiger partial charge is 0.481 e. The first-order valence-electron chi connectivity index (χ1n) is 6.07. The van der Waals surface area contributed by atoms with Crippen molar-refractivity contribution in [1.82, 2.24) is 4.90 Å². The lowest BCUT2D eigenvalue weighted by Gasteiger charge is -2.37. The van der Waals surface area contributed by atoms with Crippen LogP contribution in [-0.2, 0) is 4.79 Å². The van der Waals surface area contributed by atoms with Crippen molar-refractivity contribution in [3.8, 4) is 0 Å². The average molecular weight is 318 g/mol. The molecule has 1 amide bonds. The molecule has 2 unspecified atom stereocenters. The minimum atomic E-state index is -1.08. The molecule has 1 aliphatic rings. The maximum atomic E-state index is 11.3. The van der Waals surface area contributed by atoms with Gasteiger partial charge in [0.15, 0.2) is 0 Å². The average Bonchev–Trinajstić information content (AvgIpc) is 2.37. The van der Waals surface area contributed by atoms with Gasteiger partial charge in [0.2, 0.25) is 0 Å². The molecular formula is C13H13Cl2NO4. The number of amides is 1. The van der Waals surface area contributed by atoms with Gasteiger partial charge < -0.3 is 15.1 Å². The van der Waals surface area contributed by atoms with Crippen molar-refractivity contribution in [3.05, 3.63) is 33.8 Å². The maximum absolute atomic E-state index is 11.3. The van der Waals surface area contributed by atoms with E-state index in [1.54, 1.807) is 12.1 Å². The number of benzene rings is 1. The van der Waals surface area contributed by atoms with Crippen molar-refractivity contribution in [2.75, 3.05) is 6.54 Å². The first-order valence-corrected chi connectivity index (χ1v) is 6.83. The van der Waals surface area contributed by atoms with E-state index in [1.165, 1.54) is 11.0 Å². The number of piperidine rings is 1. The minimum absolute atomic E-state index is 0.177. The molecule has 0 aliphatic carbocycles. The molecule has 7 heteroatoms. The van der Waals surface area contributed by atoms with Gasteiger partial charge in [0.25, 0.3) is 0 Å². The van der Waals surface area contributed by atoms with E-state index in [4.69, 9.17) is 28.3 Å². The van der Waals surface area contributed by atoms with Crippen LogP contribution in [0.25, 0.3) is 0 Å². The number of carboxylic acids is 1. The van der Waals surface area contributed by atoms with Gasteiger partial charge >= 0.3 is 12.1 Å². The molecule has 0 spiro atoms. The van der Waals surface area contributed by atoms with E-state index >= 15 is 0 Å². The minimum Gasteiger partial charge on any atom is -0.481 e. The van der Waals surface area contributed by atoms with Gasteiger partial charge in [-0.2, -0.15) is 0 Å². The Bertz CT molecular complexity index is 549. The lowest BCUT2D eigenvalue weighted by atomic mass is 9.87. The molecule has 1 aliphatic heterocycles. The number of halogens is 2. The van der Waals surface area contributed by atoms with E-state index in [1.807, 2.05) is 0 Å². The zero-order valence-corrected chi connectivity index (χ0v) is 11.9. The number of carboxylic acid groups (broad SMARTS) is 2. The highest BCUT2D eigenvalue weighted by molar-refractivity contribution is 6.35. The molecule has 0 bridgehead atoms. The Kier molecular flexibility index (Phi) is 4.40. The first kappa shape index (κ1) is 14.9. The normalized spacial score (nSPS) is 22.6. The van der Waals surface area contributed by atoms with Gasteiger partial charge in [-0.25, -0.2) is 4.79 Å². The van der Waals surface area contributed by atoms with Crippen LogP contribution < -0.4 is 0 Å². The van der Waals surface area contributed by atoms with Crippen molar-refractivity contribution in [3.63, 3.8) is 0 Å². The van der Waals surface area contributed by atoms with Gasteiger partial charge in [-0.15, -0.1) is 0 Å². The number of rotatable bonds is 2. The monoisotopic (exact) mass is 317 g/mol. The van der Waals surface area contributed by atoms with Crippen LogP contribution in [0.1, 0.15) is 24.4 Å². The summed E-state index contributed by atoms with van der Waals surface area (Å²) < 4.78 is 0. The van der Waals surface area contributed by atoms with Gasteiger partial charge in [0.1, 0.15) is 0 Å². The zero-order valence-electron chi connectivity index (χ0n) is 10.4. The molecule has 0 radical (unpaired) electrons. The van der Waals surface area contributed by atoms with Crippen molar-refractivity contribution in [2.45, 2.75) is 18.9 Å². The molecule has 1 aromatic carbocycles. The van der Waals surface area contributed by atoms with Crippen LogP contribution >= 0.6 is 23.2 Å². The molecule has 1 saturated heterocycles. The lowest BCUT2D eigenvalue weighted by Crippen LogP contribution is -2.42. The Balaban J connectivity index is 2.36. The highest BCUT2D eigenvalue weighted by atomic mass is 35.5. The molecule has 1 heterocycles. The van der Waals surface area contributed by atoms with E-state index < -0.39 is 24.0 Å². The number of hydrogen-bond acceptors (Lipinski definition) is 2. The Hall–Kier alpha value is -1.46. The quantitative estimate of drug-likeness (QED) is 0.875. The summed E-state index contributed by atoms with van der Waals surface area (Å²) in [6, 6.07) is 4.23. The van der Waals surface area contributed by atoms with Crippen molar-refractivity contribution >= 4 is 35.3 Å². The smallest absolute Gasteiger partial charge is 0.407 e. The number of nitrogens with zero attached hydrogens (tertiary/aromatic N) is 1. The van der Waals surface area contributed by atoms with Crippen LogP contribution in [0.4, 0.5) is 4.79 Å². The molecule has 108 valence electrons. The van der Waals surface area contributed by atoms with Crippen LogP contribution in [0, 0.1) is 5.92 Å². The number of likely N-dealkylation sites (tertiary alicyclic amines) is 1. The fourth-order valence-electron chi connectivity index (χ4n) is 2.49. The number of hydrogen-bond donors (Lipinski definition) is 2. The summed E-state index contributed by atoms with van der Waals surface area (Å²) in [6.45, 7) is 0.177. The van der Waals surface area contributed by atoms with Crippen molar-refractivity contribution in [2.24, 2.45) is 5.92 Å². The molecule has 1 fully saturated rings. The maximum Gasteiger partial charge on any atom is 0.407 e.